The van der Waals surface area contributed by atoms with E-state index < -0.39 is 65.9 Å². The molecule has 1 saturated heterocycles. The summed E-state index contributed by atoms with van der Waals surface area (Å²) in [4.78, 5) is 147. The van der Waals surface area contributed by atoms with Crippen LogP contribution in [0.5, 0.6) is 0 Å². The fourth-order valence-electron chi connectivity index (χ4n) is 8.67. The van der Waals surface area contributed by atoms with Gasteiger partial charge in [0.15, 0.2) is 5.78 Å². The zero-order valence-electron chi connectivity index (χ0n) is 44.4. The van der Waals surface area contributed by atoms with Crippen molar-refractivity contribution in [3.05, 3.63) is 63.9 Å². The van der Waals surface area contributed by atoms with Crippen molar-refractivity contribution in [1.82, 2.24) is 45.4 Å². The summed E-state index contributed by atoms with van der Waals surface area (Å²) in [6, 6.07) is 5.30. The van der Waals surface area contributed by atoms with E-state index in [1.165, 1.54) is 6.92 Å². The number of carbonyl (C=O) groups excluding carboxylic acids is 5. The van der Waals surface area contributed by atoms with E-state index >= 15 is 0 Å². The van der Waals surface area contributed by atoms with Crippen LogP contribution in [0.2, 0.25) is 0 Å². The number of hydrogen-bond acceptors (Lipinski definition) is 16. The molecule has 79 heavy (non-hydrogen) atoms. The number of rotatable bonds is 34. The van der Waals surface area contributed by atoms with Gasteiger partial charge in [-0.25, -0.2) is 19.4 Å². The van der Waals surface area contributed by atoms with Crippen molar-refractivity contribution in [2.24, 2.45) is 0 Å². The summed E-state index contributed by atoms with van der Waals surface area (Å²) < 4.78 is 0.609. The Labute approximate surface area is 466 Å². The Morgan fingerprint density at radius 2 is 1.10 bits per heavy atom. The Bertz CT molecular complexity index is 2350. The van der Waals surface area contributed by atoms with E-state index in [-0.39, 0.29) is 154 Å². The summed E-state index contributed by atoms with van der Waals surface area (Å²) in [5.41, 5.74) is 1.89. The number of halogens is 1. The molecule has 26 nitrogen and oxygen atoms in total. The highest BCUT2D eigenvalue weighted by Crippen LogP contribution is 2.17. The van der Waals surface area contributed by atoms with Crippen LogP contribution < -0.4 is 16.0 Å². The number of Topliss-reactive ketones (excluding diaryl/α,β-unsaturated/α-hetero) is 2. The number of nitrogens with zero attached hydrogens (tertiary/aromatic N) is 6. The standard InChI is InChI=1S/C52H74BrN9O17/c1-35(63)10-16-40(50(75)76)57-52(79)56-39(49(73)74)7-5-6-20-62(31-37-13-18-43(53)54-30-37)45(66)9-4-2-3-8-42(64)38-14-11-36(12-15-38)29-55-44(65)19-17-41(51(77)78)61-27-25-59(33-47(69)70)23-21-58(32-46(67)68)22-24-60(26-28-61)34-48(71)72/h11-15,18,30,39-41H,2-10,16-17,19-29,31-34H2,1H3,(H,55,65)(H,67,68)(H,69,70)(H,71,72)(H,73,74)(H,75,76)(H,77,78)(H2,56,57,79)/t39-,40-,41?/m1/s1. The number of carboxylic acid groups (broad SMARTS) is 6. The van der Waals surface area contributed by atoms with Crippen LogP contribution in [-0.2, 0) is 56.2 Å². The predicted molar refractivity (Wildman–Crippen MR) is 286 cm³/mol. The third-order valence-electron chi connectivity index (χ3n) is 13.1. The van der Waals surface area contributed by atoms with Gasteiger partial charge in [0.1, 0.15) is 28.5 Å². The van der Waals surface area contributed by atoms with E-state index in [1.54, 1.807) is 61.0 Å². The normalized spacial score (nSPS) is 15.2. The molecule has 3 rings (SSSR count). The maximum Gasteiger partial charge on any atom is 0.326 e. The van der Waals surface area contributed by atoms with Crippen LogP contribution in [0.4, 0.5) is 4.79 Å². The molecule has 3 atom stereocenters. The molecule has 0 aliphatic carbocycles. The molecule has 9 N–H and O–H groups in total. The van der Waals surface area contributed by atoms with E-state index in [0.717, 1.165) is 5.56 Å². The monoisotopic (exact) mass is 1180 g/mol. The number of carboxylic acids is 6. The molecule has 1 unspecified atom stereocenters. The van der Waals surface area contributed by atoms with Gasteiger partial charge in [0, 0.05) is 109 Å². The lowest BCUT2D eigenvalue weighted by molar-refractivity contribution is -0.145. The number of unbranched alkanes of at least 4 members (excludes halogenated alkanes) is 3. The maximum absolute atomic E-state index is 13.5. The average Bonchev–Trinajstić information content (AvgIpc) is 3.38. The molecule has 0 bridgehead atoms. The van der Waals surface area contributed by atoms with Gasteiger partial charge in [-0.2, -0.15) is 0 Å². The molecule has 27 heteroatoms. The van der Waals surface area contributed by atoms with Gasteiger partial charge in [0.25, 0.3) is 0 Å². The Kier molecular flexibility index (Phi) is 29.8. The van der Waals surface area contributed by atoms with Crippen molar-refractivity contribution < 1.29 is 83.4 Å². The third-order valence-corrected chi connectivity index (χ3v) is 13.5. The Balaban J connectivity index is 1.49. The molecule has 0 spiro atoms. The number of urea groups is 1. The first-order valence-electron chi connectivity index (χ1n) is 26.1. The summed E-state index contributed by atoms with van der Waals surface area (Å²) in [7, 11) is 0. The Morgan fingerprint density at radius 3 is 1.59 bits per heavy atom. The molecule has 2 heterocycles. The second kappa shape index (κ2) is 35.5. The van der Waals surface area contributed by atoms with Crippen molar-refractivity contribution in [3.63, 3.8) is 0 Å². The van der Waals surface area contributed by atoms with Crippen LogP contribution >= 0.6 is 15.9 Å². The molecule has 1 aromatic heterocycles. The number of amides is 4. The van der Waals surface area contributed by atoms with E-state index in [1.807, 2.05) is 6.07 Å². The molecular weight excluding hydrogens is 1100 g/mol. The quantitative estimate of drug-likeness (QED) is 0.0275. The Morgan fingerprint density at radius 1 is 0.582 bits per heavy atom. The first-order chi connectivity index (χ1) is 37.5. The molecule has 1 aromatic carbocycles. The smallest absolute Gasteiger partial charge is 0.326 e. The fourth-order valence-corrected chi connectivity index (χ4v) is 8.90. The number of carbonyl (C=O) groups is 11. The predicted octanol–water partition coefficient (Wildman–Crippen LogP) is 2.08. The summed E-state index contributed by atoms with van der Waals surface area (Å²) in [5, 5.41) is 65.2. The van der Waals surface area contributed by atoms with Crippen molar-refractivity contribution in [2.45, 2.75) is 115 Å². The van der Waals surface area contributed by atoms with Gasteiger partial charge in [0.05, 0.1) is 19.6 Å². The SMILES string of the molecule is CC(=O)CC[C@@H](NC(=O)N[C@H](CCCCN(Cc1ccc(Br)nc1)C(=O)CCCCCC(=O)c1ccc(CNC(=O)CCC(C(=O)O)N2CCN(CC(=O)O)CCN(CC(=O)O)CCN(CC(=O)O)CC2)cc1)C(=O)O)C(=O)O. The maximum atomic E-state index is 13.5. The summed E-state index contributed by atoms with van der Waals surface area (Å²) in [5.74, 6) is -8.24. The lowest BCUT2D eigenvalue weighted by Gasteiger charge is -2.35. The van der Waals surface area contributed by atoms with Crippen LogP contribution in [0.1, 0.15) is 105 Å². The number of pyridine rings is 1. The molecule has 1 fully saturated rings. The molecule has 0 radical (unpaired) electrons. The molecule has 2 aromatic rings. The minimum absolute atomic E-state index is 0.00973. The number of aliphatic carboxylic acids is 6. The summed E-state index contributed by atoms with van der Waals surface area (Å²) >= 11 is 3.30. The molecular formula is C52H74BrN9O17. The highest BCUT2D eigenvalue weighted by Gasteiger charge is 2.29. The minimum atomic E-state index is -1.39. The number of hydrogen-bond donors (Lipinski definition) is 9. The van der Waals surface area contributed by atoms with E-state index in [0.29, 0.717) is 47.8 Å². The largest absolute Gasteiger partial charge is 0.480 e. The van der Waals surface area contributed by atoms with Crippen LogP contribution in [0.25, 0.3) is 0 Å². The minimum Gasteiger partial charge on any atom is -0.480 e. The highest BCUT2D eigenvalue weighted by atomic mass is 79.9. The fraction of sp³-hybridized carbons (Fsp3) is 0.577. The van der Waals surface area contributed by atoms with E-state index in [4.69, 9.17) is 0 Å². The van der Waals surface area contributed by atoms with Gasteiger partial charge >= 0.3 is 41.8 Å². The van der Waals surface area contributed by atoms with Gasteiger partial charge in [0.2, 0.25) is 11.8 Å². The van der Waals surface area contributed by atoms with Crippen molar-refractivity contribution >= 4 is 81.2 Å². The van der Waals surface area contributed by atoms with E-state index in [9.17, 15) is 83.4 Å². The van der Waals surface area contributed by atoms with Gasteiger partial charge < -0.3 is 56.3 Å². The van der Waals surface area contributed by atoms with Gasteiger partial charge in [-0.05, 0) is 85.0 Å². The second-order valence-corrected chi connectivity index (χ2v) is 20.1. The zero-order valence-corrected chi connectivity index (χ0v) is 46.0. The van der Waals surface area contributed by atoms with Crippen LogP contribution in [0.15, 0.2) is 47.2 Å². The summed E-state index contributed by atoms with van der Waals surface area (Å²) in [6.07, 6.45) is 3.71. The number of benzene rings is 1. The van der Waals surface area contributed by atoms with Gasteiger partial charge in [-0.3, -0.25) is 53.2 Å². The number of aromatic nitrogens is 1. The van der Waals surface area contributed by atoms with Crippen LogP contribution in [-0.4, -0.2) is 222 Å². The van der Waals surface area contributed by atoms with E-state index in [2.05, 4.69) is 36.9 Å². The number of nitrogens with one attached hydrogen (secondary N) is 3. The zero-order chi connectivity index (χ0) is 58.4. The van der Waals surface area contributed by atoms with Gasteiger partial charge in [-0.1, -0.05) is 36.8 Å². The Hall–Kier alpha value is -6.94. The van der Waals surface area contributed by atoms with Crippen molar-refractivity contribution in [3.8, 4) is 0 Å². The third kappa shape index (κ3) is 27.5. The first kappa shape index (κ1) is 66.3. The van der Waals surface area contributed by atoms with Crippen molar-refractivity contribution in [1.29, 1.82) is 0 Å². The van der Waals surface area contributed by atoms with Crippen LogP contribution in [0.3, 0.4) is 0 Å². The lowest BCUT2D eigenvalue weighted by atomic mass is 10.0. The average molecular weight is 1180 g/mol. The number of ketones is 2. The molecule has 4 amide bonds. The molecule has 1 aliphatic heterocycles. The molecule has 436 valence electrons. The second-order valence-electron chi connectivity index (χ2n) is 19.3. The topological polar surface area (TPSA) is 374 Å². The molecule has 1 aliphatic rings. The molecule has 0 saturated carbocycles. The van der Waals surface area contributed by atoms with Crippen LogP contribution in [0, 0.1) is 0 Å². The first-order valence-corrected chi connectivity index (χ1v) is 26.9. The van der Waals surface area contributed by atoms with Gasteiger partial charge in [-0.15, -0.1) is 0 Å². The lowest BCUT2D eigenvalue weighted by Crippen LogP contribution is -2.52. The summed E-state index contributed by atoms with van der Waals surface area (Å²) in [6.45, 7) is 1.82. The van der Waals surface area contributed by atoms with Crippen molar-refractivity contribution in [2.75, 3.05) is 78.5 Å². The highest BCUT2D eigenvalue weighted by molar-refractivity contribution is 9.10.